The van der Waals surface area contributed by atoms with E-state index in [1.54, 1.807) is 43.6 Å². The lowest BCUT2D eigenvalue weighted by atomic mass is 9.87. The van der Waals surface area contributed by atoms with E-state index in [0.29, 0.717) is 41.4 Å². The summed E-state index contributed by atoms with van der Waals surface area (Å²) in [6.45, 7) is 15.4. The molecular formula is C29H37N5O4Si. The largest absolute Gasteiger partial charge is 0.462 e. The smallest absolute Gasteiger partial charge is 0.348 e. The lowest BCUT2D eigenvalue weighted by Crippen LogP contribution is -2.22. The molecule has 0 saturated carbocycles. The molecule has 2 aromatic heterocycles. The van der Waals surface area contributed by atoms with Gasteiger partial charge in [0.1, 0.15) is 29.7 Å². The van der Waals surface area contributed by atoms with Crippen LogP contribution in [-0.4, -0.2) is 47.6 Å². The second-order valence-electron chi connectivity index (χ2n) is 11.5. The summed E-state index contributed by atoms with van der Waals surface area (Å²) in [5, 5.41) is 12.5. The number of hydrogen-bond acceptors (Lipinski definition) is 8. The summed E-state index contributed by atoms with van der Waals surface area (Å²) in [6.07, 6.45) is 4.88. The summed E-state index contributed by atoms with van der Waals surface area (Å²) in [6, 6.07) is 10.1. The Morgan fingerprint density at radius 1 is 1.18 bits per heavy atom. The van der Waals surface area contributed by atoms with Crippen LogP contribution in [0.15, 0.2) is 42.2 Å². The molecule has 1 aromatic carbocycles. The van der Waals surface area contributed by atoms with Gasteiger partial charge < -0.3 is 19.4 Å². The Kier molecular flexibility index (Phi) is 9.43. The van der Waals surface area contributed by atoms with E-state index in [1.165, 1.54) is 6.08 Å². The number of anilines is 2. The topological polar surface area (TPSA) is 119 Å². The average molecular weight is 548 g/mol. The molecule has 0 aliphatic carbocycles. The third-order valence-electron chi connectivity index (χ3n) is 5.83. The maximum absolute atomic E-state index is 13.3. The molecule has 0 unspecified atom stereocenters. The zero-order valence-corrected chi connectivity index (χ0v) is 24.8. The number of nitrogens with zero attached hydrogens (tertiary/aromatic N) is 4. The van der Waals surface area contributed by atoms with E-state index >= 15 is 0 Å². The van der Waals surface area contributed by atoms with E-state index in [4.69, 9.17) is 14.5 Å². The van der Waals surface area contributed by atoms with Gasteiger partial charge in [-0.3, -0.25) is 4.79 Å². The van der Waals surface area contributed by atoms with E-state index in [9.17, 15) is 14.9 Å². The molecular weight excluding hydrogens is 510 g/mol. The second-order valence-corrected chi connectivity index (χ2v) is 17.1. The number of hydrogen-bond donors (Lipinski definition) is 1. The molecule has 2 heterocycles. The van der Waals surface area contributed by atoms with Gasteiger partial charge in [-0.15, -0.1) is 0 Å². The van der Waals surface area contributed by atoms with Crippen LogP contribution >= 0.6 is 0 Å². The number of nitriles is 1. The first-order chi connectivity index (χ1) is 18.3. The minimum absolute atomic E-state index is 0.0224. The van der Waals surface area contributed by atoms with Crippen molar-refractivity contribution in [1.82, 2.24) is 14.5 Å². The standard InChI is InChI=1S/C29H37N5O4Si/c1-8-38-28(36)21(16-30)15-20-9-11-22(12-10-20)32-24-17-31-27-25(33-24)23(26(35)29(2,3)4)18-34(27)19-37-13-14-39(5,6)7/h9-12,15,17-18H,8,13-14,19H2,1-7H3,(H,32,33). The highest BCUT2D eigenvalue weighted by Gasteiger charge is 2.28. The van der Waals surface area contributed by atoms with Gasteiger partial charge in [-0.25, -0.2) is 14.8 Å². The molecule has 0 atom stereocenters. The third-order valence-corrected chi connectivity index (χ3v) is 7.53. The minimum Gasteiger partial charge on any atom is -0.462 e. The number of benzene rings is 1. The number of ether oxygens (including phenoxy) is 2. The molecule has 206 valence electrons. The van der Waals surface area contributed by atoms with Gasteiger partial charge in [0.25, 0.3) is 0 Å². The van der Waals surface area contributed by atoms with Crippen LogP contribution in [-0.2, 0) is 21.0 Å². The maximum atomic E-state index is 13.3. The van der Waals surface area contributed by atoms with Crippen molar-refractivity contribution in [3.8, 4) is 6.07 Å². The van der Waals surface area contributed by atoms with E-state index in [1.807, 2.05) is 31.4 Å². The molecule has 0 spiro atoms. The van der Waals surface area contributed by atoms with Crippen LogP contribution in [0.25, 0.3) is 17.2 Å². The van der Waals surface area contributed by atoms with Gasteiger partial charge in [0.05, 0.1) is 18.4 Å². The zero-order chi connectivity index (χ0) is 28.8. The van der Waals surface area contributed by atoms with Gasteiger partial charge in [0, 0.05) is 32.0 Å². The Morgan fingerprint density at radius 2 is 1.87 bits per heavy atom. The molecule has 9 nitrogen and oxygen atoms in total. The van der Waals surface area contributed by atoms with E-state index in [2.05, 4.69) is 29.9 Å². The van der Waals surface area contributed by atoms with E-state index in [0.717, 1.165) is 11.7 Å². The van der Waals surface area contributed by atoms with Crippen LogP contribution in [0.5, 0.6) is 0 Å². The molecule has 0 radical (unpaired) electrons. The van der Waals surface area contributed by atoms with Crippen LogP contribution in [0.2, 0.25) is 25.7 Å². The van der Waals surface area contributed by atoms with Gasteiger partial charge in [0.2, 0.25) is 0 Å². The molecule has 0 aliphatic rings. The maximum Gasteiger partial charge on any atom is 0.348 e. The molecule has 0 saturated heterocycles. The monoisotopic (exact) mass is 547 g/mol. The van der Waals surface area contributed by atoms with Gasteiger partial charge in [-0.05, 0) is 36.7 Å². The zero-order valence-electron chi connectivity index (χ0n) is 23.8. The van der Waals surface area contributed by atoms with Crippen molar-refractivity contribution >= 4 is 48.6 Å². The Hall–Kier alpha value is -3.81. The molecule has 10 heteroatoms. The van der Waals surface area contributed by atoms with Crippen molar-refractivity contribution in [1.29, 1.82) is 5.26 Å². The number of nitrogens with one attached hydrogen (secondary N) is 1. The number of esters is 1. The van der Waals surface area contributed by atoms with Crippen LogP contribution in [0.4, 0.5) is 11.5 Å². The van der Waals surface area contributed by atoms with E-state index < -0.39 is 19.5 Å². The fourth-order valence-electron chi connectivity index (χ4n) is 3.64. The minimum atomic E-state index is -1.22. The number of rotatable bonds is 11. The predicted octanol–water partition coefficient (Wildman–Crippen LogP) is 6.19. The highest BCUT2D eigenvalue weighted by molar-refractivity contribution is 6.76. The van der Waals surface area contributed by atoms with Crippen molar-refractivity contribution in [3.05, 3.63) is 53.4 Å². The fourth-order valence-corrected chi connectivity index (χ4v) is 4.40. The Morgan fingerprint density at radius 3 is 2.46 bits per heavy atom. The van der Waals surface area contributed by atoms with Crippen molar-refractivity contribution in [2.24, 2.45) is 5.41 Å². The molecule has 0 fully saturated rings. The molecule has 3 rings (SSSR count). The number of carbonyl (C=O) groups excluding carboxylic acids is 2. The molecule has 3 aromatic rings. The first kappa shape index (κ1) is 29.7. The number of carbonyl (C=O) groups is 2. The number of aromatic nitrogens is 3. The number of fused-ring (bicyclic) bond motifs is 1. The quantitative estimate of drug-likeness (QED) is 0.0754. The second kappa shape index (κ2) is 12.4. The first-order valence-corrected chi connectivity index (χ1v) is 16.7. The Bertz CT molecular complexity index is 1410. The van der Waals surface area contributed by atoms with Gasteiger partial charge in [-0.2, -0.15) is 5.26 Å². The van der Waals surface area contributed by atoms with Gasteiger partial charge in [0.15, 0.2) is 11.4 Å². The SMILES string of the molecule is CCOC(=O)C(C#N)=Cc1ccc(Nc2cnc3c(n2)c(C(=O)C(C)(C)C)cn3COCC[Si](C)(C)C)cc1. The summed E-state index contributed by atoms with van der Waals surface area (Å²) in [5.74, 6) is -0.194. The van der Waals surface area contributed by atoms with Crippen LogP contribution in [0.1, 0.15) is 43.6 Å². The van der Waals surface area contributed by atoms with Crippen LogP contribution < -0.4 is 5.32 Å². The molecule has 39 heavy (non-hydrogen) atoms. The van der Waals surface area contributed by atoms with Crippen molar-refractivity contribution < 1.29 is 19.1 Å². The summed E-state index contributed by atoms with van der Waals surface area (Å²) >= 11 is 0. The highest BCUT2D eigenvalue weighted by Crippen LogP contribution is 2.28. The first-order valence-electron chi connectivity index (χ1n) is 13.0. The predicted molar refractivity (Wildman–Crippen MR) is 155 cm³/mol. The van der Waals surface area contributed by atoms with Crippen LogP contribution in [0, 0.1) is 16.7 Å². The van der Waals surface area contributed by atoms with Crippen molar-refractivity contribution in [3.63, 3.8) is 0 Å². The highest BCUT2D eigenvalue weighted by atomic mass is 28.3. The molecule has 1 N–H and O–H groups in total. The number of Topliss-reactive ketones (excluding diaryl/α,β-unsaturated/α-hetero) is 1. The summed E-state index contributed by atoms with van der Waals surface area (Å²) < 4.78 is 12.7. The van der Waals surface area contributed by atoms with Crippen molar-refractivity contribution in [2.45, 2.75) is 60.1 Å². The lowest BCUT2D eigenvalue weighted by Gasteiger charge is -2.16. The Labute approximate surface area is 230 Å². The van der Waals surface area contributed by atoms with E-state index in [-0.39, 0.29) is 18.0 Å². The summed E-state index contributed by atoms with van der Waals surface area (Å²) in [5.41, 5.74) is 2.36. The van der Waals surface area contributed by atoms with Gasteiger partial charge >= 0.3 is 5.97 Å². The van der Waals surface area contributed by atoms with Crippen molar-refractivity contribution in [2.75, 3.05) is 18.5 Å². The molecule has 0 aliphatic heterocycles. The lowest BCUT2D eigenvalue weighted by molar-refractivity contribution is -0.137. The fraction of sp³-hybridized carbons (Fsp3) is 0.414. The summed E-state index contributed by atoms with van der Waals surface area (Å²) in [4.78, 5) is 34.5. The van der Waals surface area contributed by atoms with Gasteiger partial charge in [-0.1, -0.05) is 52.5 Å². The average Bonchev–Trinajstić information content (AvgIpc) is 3.22. The third kappa shape index (κ3) is 8.08. The Balaban J connectivity index is 1.86. The summed E-state index contributed by atoms with van der Waals surface area (Å²) in [7, 11) is -1.22. The van der Waals surface area contributed by atoms with Crippen LogP contribution in [0.3, 0.4) is 0 Å². The molecule has 0 bridgehead atoms. The number of ketones is 1. The molecule has 0 amide bonds. The normalized spacial score (nSPS) is 12.3.